The standard InChI is InChI=1S/C20H17FN2O5/c1-11-14-9-6-10-15(21)17(14)28-16(11)20(26)27-12(2)18(24)22-23-19(25)13-7-4-3-5-8-13/h3-10,12H,1-2H3,(H,22,24)(H,23,25)/t12-/m1/s1. The first-order valence-electron chi connectivity index (χ1n) is 8.42. The zero-order chi connectivity index (χ0) is 20.3. The maximum Gasteiger partial charge on any atom is 0.375 e. The van der Waals surface area contributed by atoms with Crippen LogP contribution in [-0.2, 0) is 9.53 Å². The number of rotatable bonds is 4. The summed E-state index contributed by atoms with van der Waals surface area (Å²) in [5.74, 6) is -2.96. The number of hydrogen-bond donors (Lipinski definition) is 2. The second-order valence-corrected chi connectivity index (χ2v) is 6.03. The lowest BCUT2D eigenvalue weighted by Gasteiger charge is -2.13. The zero-order valence-corrected chi connectivity index (χ0v) is 15.1. The van der Waals surface area contributed by atoms with E-state index in [4.69, 9.17) is 9.15 Å². The normalized spacial score (nSPS) is 11.7. The van der Waals surface area contributed by atoms with Gasteiger partial charge in [-0.3, -0.25) is 20.4 Å². The quantitative estimate of drug-likeness (QED) is 0.532. The van der Waals surface area contributed by atoms with Gasteiger partial charge >= 0.3 is 5.97 Å². The Morgan fingerprint density at radius 1 is 1.04 bits per heavy atom. The van der Waals surface area contributed by atoms with Gasteiger partial charge in [0.25, 0.3) is 11.8 Å². The monoisotopic (exact) mass is 384 g/mol. The third-order valence-corrected chi connectivity index (χ3v) is 4.09. The lowest BCUT2D eigenvalue weighted by molar-refractivity contribution is -0.129. The van der Waals surface area contributed by atoms with E-state index < -0.39 is 29.7 Å². The Morgan fingerprint density at radius 2 is 1.75 bits per heavy atom. The van der Waals surface area contributed by atoms with Crippen LogP contribution in [0.1, 0.15) is 33.4 Å². The number of carbonyl (C=O) groups excluding carboxylic acids is 3. The number of carbonyl (C=O) groups is 3. The van der Waals surface area contributed by atoms with Crippen LogP contribution in [0, 0.1) is 12.7 Å². The first kappa shape index (κ1) is 19.1. The molecule has 0 aliphatic heterocycles. The van der Waals surface area contributed by atoms with Gasteiger partial charge in [-0.05, 0) is 32.0 Å². The van der Waals surface area contributed by atoms with Crippen LogP contribution >= 0.6 is 0 Å². The largest absolute Gasteiger partial charge is 0.447 e. The molecule has 144 valence electrons. The number of furan rings is 1. The van der Waals surface area contributed by atoms with E-state index in [1.807, 2.05) is 0 Å². The van der Waals surface area contributed by atoms with Crippen LogP contribution in [-0.4, -0.2) is 23.9 Å². The van der Waals surface area contributed by atoms with E-state index in [0.717, 1.165) is 0 Å². The molecule has 1 atom stereocenters. The van der Waals surface area contributed by atoms with Gasteiger partial charge in [-0.2, -0.15) is 0 Å². The number of ether oxygens (including phenoxy) is 1. The molecule has 3 aromatic rings. The van der Waals surface area contributed by atoms with Crippen LogP contribution in [0.4, 0.5) is 4.39 Å². The van der Waals surface area contributed by atoms with Crippen molar-refractivity contribution in [2.24, 2.45) is 0 Å². The minimum absolute atomic E-state index is 0.0563. The Morgan fingerprint density at radius 3 is 2.43 bits per heavy atom. The van der Waals surface area contributed by atoms with Crippen LogP contribution < -0.4 is 10.9 Å². The molecule has 2 N–H and O–H groups in total. The summed E-state index contributed by atoms with van der Waals surface area (Å²) in [6, 6.07) is 12.6. The highest BCUT2D eigenvalue weighted by Crippen LogP contribution is 2.27. The molecular weight excluding hydrogens is 367 g/mol. The minimum atomic E-state index is -1.22. The van der Waals surface area contributed by atoms with E-state index >= 15 is 0 Å². The minimum Gasteiger partial charge on any atom is -0.447 e. The maximum absolute atomic E-state index is 13.8. The highest BCUT2D eigenvalue weighted by atomic mass is 19.1. The topological polar surface area (TPSA) is 97.6 Å². The lowest BCUT2D eigenvalue weighted by Crippen LogP contribution is -2.46. The summed E-state index contributed by atoms with van der Waals surface area (Å²) < 4.78 is 24.1. The molecule has 2 aromatic carbocycles. The zero-order valence-electron chi connectivity index (χ0n) is 15.1. The van der Waals surface area contributed by atoms with Crippen molar-refractivity contribution in [3.05, 3.63) is 71.2 Å². The molecule has 8 heteroatoms. The molecular formula is C20H17FN2O5. The Bertz CT molecular complexity index is 1050. The van der Waals surface area contributed by atoms with Crippen molar-refractivity contribution in [1.82, 2.24) is 10.9 Å². The van der Waals surface area contributed by atoms with Gasteiger partial charge < -0.3 is 9.15 Å². The van der Waals surface area contributed by atoms with Crippen molar-refractivity contribution in [2.45, 2.75) is 20.0 Å². The van der Waals surface area contributed by atoms with E-state index in [2.05, 4.69) is 10.9 Å². The highest BCUT2D eigenvalue weighted by molar-refractivity contribution is 5.98. The van der Waals surface area contributed by atoms with Crippen molar-refractivity contribution in [1.29, 1.82) is 0 Å². The molecule has 0 aliphatic rings. The molecule has 0 unspecified atom stereocenters. The van der Waals surface area contributed by atoms with E-state index in [1.165, 1.54) is 19.1 Å². The van der Waals surface area contributed by atoms with Crippen LogP contribution in [0.5, 0.6) is 0 Å². The van der Waals surface area contributed by atoms with Gasteiger partial charge in [0.15, 0.2) is 17.5 Å². The van der Waals surface area contributed by atoms with Crippen molar-refractivity contribution in [3.63, 3.8) is 0 Å². The molecule has 0 fully saturated rings. The molecule has 28 heavy (non-hydrogen) atoms. The Labute approximate surface area is 159 Å². The molecule has 2 amide bonds. The summed E-state index contributed by atoms with van der Waals surface area (Å²) in [5.41, 5.74) is 5.12. The summed E-state index contributed by atoms with van der Waals surface area (Å²) in [5, 5.41) is 0.444. The number of nitrogens with one attached hydrogen (secondary N) is 2. The van der Waals surface area contributed by atoms with Crippen LogP contribution in [0.25, 0.3) is 11.0 Å². The fraction of sp³-hybridized carbons (Fsp3) is 0.150. The maximum atomic E-state index is 13.8. The SMILES string of the molecule is Cc1c(C(=O)O[C@H](C)C(=O)NNC(=O)c2ccccc2)oc2c(F)cccc12. The average molecular weight is 384 g/mol. The fourth-order valence-corrected chi connectivity index (χ4v) is 2.55. The van der Waals surface area contributed by atoms with E-state index in [-0.39, 0.29) is 11.3 Å². The molecule has 0 bridgehead atoms. The third-order valence-electron chi connectivity index (χ3n) is 4.09. The second kappa shape index (κ2) is 7.91. The van der Waals surface area contributed by atoms with Gasteiger partial charge in [0.2, 0.25) is 5.76 Å². The predicted octanol–water partition coefficient (Wildman–Crippen LogP) is 2.89. The summed E-state index contributed by atoms with van der Waals surface area (Å²) >= 11 is 0. The number of esters is 1. The van der Waals surface area contributed by atoms with Gasteiger partial charge in [0, 0.05) is 16.5 Å². The molecule has 0 saturated heterocycles. The third kappa shape index (κ3) is 3.85. The van der Waals surface area contributed by atoms with Gasteiger partial charge in [0.05, 0.1) is 0 Å². The van der Waals surface area contributed by atoms with Crippen LogP contribution in [0.2, 0.25) is 0 Å². The molecule has 0 aliphatic carbocycles. The number of para-hydroxylation sites is 1. The van der Waals surface area contributed by atoms with E-state index in [9.17, 15) is 18.8 Å². The van der Waals surface area contributed by atoms with Gasteiger partial charge in [-0.1, -0.05) is 30.3 Å². The number of benzene rings is 2. The summed E-state index contributed by atoms with van der Waals surface area (Å²) in [6.07, 6.45) is -1.22. The second-order valence-electron chi connectivity index (χ2n) is 6.03. The van der Waals surface area contributed by atoms with E-state index in [1.54, 1.807) is 43.3 Å². The first-order valence-corrected chi connectivity index (χ1v) is 8.42. The molecule has 0 radical (unpaired) electrons. The lowest BCUT2D eigenvalue weighted by atomic mass is 10.1. The number of hydrazine groups is 1. The van der Waals surface area contributed by atoms with Crippen molar-refractivity contribution < 1.29 is 27.9 Å². The van der Waals surface area contributed by atoms with Crippen LogP contribution in [0.3, 0.4) is 0 Å². The van der Waals surface area contributed by atoms with E-state index in [0.29, 0.717) is 16.5 Å². The summed E-state index contributed by atoms with van der Waals surface area (Å²) in [7, 11) is 0. The summed E-state index contributed by atoms with van der Waals surface area (Å²) in [6.45, 7) is 2.92. The Hall–Kier alpha value is -3.68. The number of amides is 2. The number of halogens is 1. The molecule has 0 spiro atoms. The predicted molar refractivity (Wildman–Crippen MR) is 97.8 cm³/mol. The van der Waals surface area contributed by atoms with Crippen molar-refractivity contribution >= 4 is 28.8 Å². The average Bonchev–Trinajstić information content (AvgIpc) is 3.04. The first-order chi connectivity index (χ1) is 13.4. The van der Waals surface area contributed by atoms with Crippen LogP contribution in [0.15, 0.2) is 52.9 Å². The number of fused-ring (bicyclic) bond motifs is 1. The van der Waals surface area contributed by atoms with Gasteiger partial charge in [0.1, 0.15) is 0 Å². The molecule has 0 saturated carbocycles. The summed E-state index contributed by atoms with van der Waals surface area (Å²) in [4.78, 5) is 36.3. The number of hydrogen-bond acceptors (Lipinski definition) is 5. The number of aryl methyl sites for hydroxylation is 1. The van der Waals surface area contributed by atoms with Gasteiger partial charge in [-0.15, -0.1) is 0 Å². The fourth-order valence-electron chi connectivity index (χ4n) is 2.55. The molecule has 1 aromatic heterocycles. The Kier molecular flexibility index (Phi) is 5.39. The van der Waals surface area contributed by atoms with Crippen molar-refractivity contribution in [2.75, 3.05) is 0 Å². The molecule has 3 rings (SSSR count). The smallest absolute Gasteiger partial charge is 0.375 e. The Balaban J connectivity index is 1.62. The molecule has 7 nitrogen and oxygen atoms in total. The van der Waals surface area contributed by atoms with Gasteiger partial charge in [-0.25, -0.2) is 9.18 Å². The molecule has 1 heterocycles. The van der Waals surface area contributed by atoms with Crippen molar-refractivity contribution in [3.8, 4) is 0 Å². The highest BCUT2D eigenvalue weighted by Gasteiger charge is 2.25.